The van der Waals surface area contributed by atoms with E-state index in [1.807, 2.05) is 13.0 Å². The summed E-state index contributed by atoms with van der Waals surface area (Å²) < 4.78 is 10.8. The Balaban J connectivity index is 2.11. The fourth-order valence-electron chi connectivity index (χ4n) is 3.16. The van der Waals surface area contributed by atoms with Crippen molar-refractivity contribution in [1.29, 1.82) is 0 Å². The zero-order valence-electron chi connectivity index (χ0n) is 15.4. The number of carbonyl (C=O) groups is 2. The number of Topliss-reactive ketones (excluding diaryl/α,β-unsaturated/α-hetero) is 2. The molecule has 136 valence electrons. The van der Waals surface area contributed by atoms with Crippen molar-refractivity contribution in [3.05, 3.63) is 51.5 Å². The number of methoxy groups -OCH3 is 1. The van der Waals surface area contributed by atoms with Crippen LogP contribution in [-0.2, 0) is 20.9 Å². The maximum absolute atomic E-state index is 12.3. The predicted molar refractivity (Wildman–Crippen MR) is 98.4 cm³/mol. The number of hydrogen-bond donors (Lipinski definition) is 1. The minimum Gasteiger partial charge on any atom is -0.507 e. The molecule has 1 aromatic carbocycles. The van der Waals surface area contributed by atoms with Gasteiger partial charge in [-0.1, -0.05) is 26.3 Å². The van der Waals surface area contributed by atoms with E-state index in [4.69, 9.17) is 9.47 Å². The molecule has 1 heterocycles. The summed E-state index contributed by atoms with van der Waals surface area (Å²) in [6, 6.07) is 1.78. The predicted octanol–water partition coefficient (Wildman–Crippen LogP) is 4.01. The number of carbonyl (C=O) groups excluding carboxylic acids is 2. The molecular formula is C21H22O5. The third-order valence-corrected chi connectivity index (χ3v) is 4.86. The van der Waals surface area contributed by atoms with Crippen LogP contribution in [0.25, 0.3) is 12.2 Å². The minimum absolute atomic E-state index is 0.0156. The van der Waals surface area contributed by atoms with Crippen LogP contribution in [0.2, 0.25) is 0 Å². The maximum Gasteiger partial charge on any atom is 0.268 e. The number of phenols is 1. The Morgan fingerprint density at radius 1 is 1.31 bits per heavy atom. The summed E-state index contributed by atoms with van der Waals surface area (Å²) in [6.45, 7) is 6.41. The molecule has 3 rings (SSSR count). The van der Waals surface area contributed by atoms with Crippen molar-refractivity contribution in [2.24, 2.45) is 5.92 Å². The molecule has 1 aliphatic heterocycles. The topological polar surface area (TPSA) is 72.8 Å². The van der Waals surface area contributed by atoms with E-state index >= 15 is 0 Å². The average molecular weight is 354 g/mol. The lowest BCUT2D eigenvalue weighted by Gasteiger charge is -2.23. The molecule has 0 radical (unpaired) electrons. The molecule has 2 aliphatic rings. The van der Waals surface area contributed by atoms with E-state index in [-0.39, 0.29) is 23.7 Å². The summed E-state index contributed by atoms with van der Waals surface area (Å²) in [5, 5.41) is 10.6. The summed E-state index contributed by atoms with van der Waals surface area (Å²) >= 11 is 0. The Morgan fingerprint density at radius 2 is 2.04 bits per heavy atom. The molecular weight excluding hydrogens is 332 g/mol. The lowest BCUT2D eigenvalue weighted by Crippen LogP contribution is -2.23. The number of rotatable bonds is 4. The maximum atomic E-state index is 12.3. The van der Waals surface area contributed by atoms with Crippen LogP contribution in [-0.4, -0.2) is 23.8 Å². The Hall–Kier alpha value is -2.82. The molecule has 0 saturated heterocycles. The van der Waals surface area contributed by atoms with Gasteiger partial charge in [0.15, 0.2) is 5.76 Å². The standard InChI is InChI=1S/C21H22O5/c1-5-11(2)6-12(3)16-8-13-7-14-9-17(25-4)20(23)21(24)18(14)19(22)15(13)10-26-16/h6-9,11,22H,5,10H2,1-4H3/b12-6+/t11-/m1/s1. The molecule has 1 N–H and O–H groups in total. The van der Waals surface area contributed by atoms with Crippen LogP contribution in [0.3, 0.4) is 0 Å². The Kier molecular flexibility index (Phi) is 4.72. The van der Waals surface area contributed by atoms with E-state index in [0.717, 1.165) is 23.3 Å². The van der Waals surface area contributed by atoms with E-state index in [9.17, 15) is 14.7 Å². The molecule has 5 heteroatoms. The average Bonchev–Trinajstić information content (AvgIpc) is 2.63. The Morgan fingerprint density at radius 3 is 2.69 bits per heavy atom. The summed E-state index contributed by atoms with van der Waals surface area (Å²) in [6.07, 6.45) is 6.54. The molecule has 0 saturated carbocycles. The third-order valence-electron chi connectivity index (χ3n) is 4.86. The van der Waals surface area contributed by atoms with Crippen molar-refractivity contribution in [1.82, 2.24) is 0 Å². The van der Waals surface area contributed by atoms with Crippen molar-refractivity contribution in [2.75, 3.05) is 7.11 Å². The lowest BCUT2D eigenvalue weighted by molar-refractivity contribution is -0.114. The van der Waals surface area contributed by atoms with Crippen molar-refractivity contribution < 1.29 is 24.2 Å². The van der Waals surface area contributed by atoms with E-state index in [1.54, 1.807) is 6.07 Å². The van der Waals surface area contributed by atoms with Crippen molar-refractivity contribution in [3.8, 4) is 5.75 Å². The number of aromatic hydroxyl groups is 1. The van der Waals surface area contributed by atoms with Gasteiger partial charge in [0.1, 0.15) is 18.1 Å². The molecule has 26 heavy (non-hydrogen) atoms. The number of ether oxygens (including phenoxy) is 2. The molecule has 1 aromatic rings. The third kappa shape index (κ3) is 2.94. The molecule has 0 unspecified atom stereocenters. The number of allylic oxidation sites excluding steroid dienone is 3. The number of fused-ring (bicyclic) bond motifs is 2. The van der Waals surface area contributed by atoms with E-state index in [0.29, 0.717) is 17.0 Å². The van der Waals surface area contributed by atoms with Gasteiger partial charge in [0.2, 0.25) is 5.78 Å². The van der Waals surface area contributed by atoms with E-state index in [2.05, 4.69) is 19.9 Å². The summed E-state index contributed by atoms with van der Waals surface area (Å²) in [5.74, 6) is -0.551. The highest BCUT2D eigenvalue weighted by Crippen LogP contribution is 2.39. The fourth-order valence-corrected chi connectivity index (χ4v) is 3.16. The second-order valence-electron chi connectivity index (χ2n) is 6.66. The molecule has 5 nitrogen and oxygen atoms in total. The largest absolute Gasteiger partial charge is 0.507 e. The number of benzene rings is 1. The summed E-state index contributed by atoms with van der Waals surface area (Å²) in [4.78, 5) is 24.3. The molecule has 0 bridgehead atoms. The first-order valence-electron chi connectivity index (χ1n) is 8.64. The molecule has 1 aliphatic carbocycles. The van der Waals surface area contributed by atoms with E-state index < -0.39 is 11.6 Å². The summed E-state index contributed by atoms with van der Waals surface area (Å²) in [7, 11) is 1.34. The van der Waals surface area contributed by atoms with Crippen LogP contribution < -0.4 is 0 Å². The smallest absolute Gasteiger partial charge is 0.268 e. The number of phenolic OH excluding ortho intramolecular Hbond substituents is 1. The van der Waals surface area contributed by atoms with Crippen LogP contribution >= 0.6 is 0 Å². The Bertz CT molecular complexity index is 886. The molecule has 0 spiro atoms. The van der Waals surface area contributed by atoms with Gasteiger partial charge in [-0.25, -0.2) is 0 Å². The van der Waals surface area contributed by atoms with Gasteiger partial charge in [-0.3, -0.25) is 9.59 Å². The lowest BCUT2D eigenvalue weighted by atomic mass is 9.87. The van der Waals surface area contributed by atoms with Gasteiger partial charge in [0, 0.05) is 5.56 Å². The molecule has 0 amide bonds. The Labute approximate surface area is 152 Å². The van der Waals surface area contributed by atoms with Gasteiger partial charge in [-0.05, 0) is 47.8 Å². The second kappa shape index (κ2) is 6.83. The van der Waals surface area contributed by atoms with Crippen LogP contribution in [0.15, 0.2) is 29.2 Å². The molecule has 1 atom stereocenters. The zero-order chi connectivity index (χ0) is 19.0. The van der Waals surface area contributed by atoms with Crippen LogP contribution in [0.4, 0.5) is 0 Å². The highest BCUT2D eigenvalue weighted by molar-refractivity contribution is 6.51. The van der Waals surface area contributed by atoms with Crippen LogP contribution in [0.1, 0.15) is 54.2 Å². The van der Waals surface area contributed by atoms with Crippen molar-refractivity contribution >= 4 is 23.7 Å². The van der Waals surface area contributed by atoms with E-state index in [1.165, 1.54) is 13.2 Å². The normalized spacial score (nSPS) is 17.6. The second-order valence-corrected chi connectivity index (χ2v) is 6.66. The monoisotopic (exact) mass is 354 g/mol. The first-order chi connectivity index (χ1) is 12.4. The van der Waals surface area contributed by atoms with Gasteiger partial charge < -0.3 is 14.6 Å². The first-order valence-corrected chi connectivity index (χ1v) is 8.64. The van der Waals surface area contributed by atoms with Crippen molar-refractivity contribution in [2.45, 2.75) is 33.8 Å². The van der Waals surface area contributed by atoms with Gasteiger partial charge in [0.25, 0.3) is 5.78 Å². The molecule has 0 fully saturated rings. The zero-order valence-corrected chi connectivity index (χ0v) is 15.4. The van der Waals surface area contributed by atoms with Gasteiger partial charge in [-0.2, -0.15) is 0 Å². The minimum atomic E-state index is -0.762. The van der Waals surface area contributed by atoms with Gasteiger partial charge in [-0.15, -0.1) is 0 Å². The fraction of sp³-hybridized carbons (Fsp3) is 0.333. The van der Waals surface area contributed by atoms with Crippen LogP contribution in [0, 0.1) is 5.92 Å². The SMILES string of the molecule is CC[C@@H](C)/C=C(\C)C1=Cc2cc3c(c(O)c2CO1)C(=O)C(=O)C(OC)=C3. The van der Waals surface area contributed by atoms with Gasteiger partial charge in [0.05, 0.1) is 12.7 Å². The van der Waals surface area contributed by atoms with Crippen LogP contribution in [0.5, 0.6) is 5.75 Å². The number of ketones is 2. The quantitative estimate of drug-likeness (QED) is 0.827. The highest BCUT2D eigenvalue weighted by atomic mass is 16.5. The summed E-state index contributed by atoms with van der Waals surface area (Å²) in [5.41, 5.74) is 2.81. The van der Waals surface area contributed by atoms with Crippen molar-refractivity contribution in [3.63, 3.8) is 0 Å². The highest BCUT2D eigenvalue weighted by Gasteiger charge is 2.33. The molecule has 0 aromatic heterocycles. The van der Waals surface area contributed by atoms with Gasteiger partial charge >= 0.3 is 0 Å². The number of hydrogen-bond acceptors (Lipinski definition) is 5. The first kappa shape index (κ1) is 18.0.